The minimum atomic E-state index is -0.699. The number of hydrogen-bond acceptors (Lipinski definition) is 3. The zero-order valence-electron chi connectivity index (χ0n) is 13.8. The van der Waals surface area contributed by atoms with E-state index in [9.17, 15) is 9.90 Å². The number of benzene rings is 2. The third-order valence-corrected chi connectivity index (χ3v) is 4.31. The number of fused-ring (bicyclic) bond motifs is 1. The van der Waals surface area contributed by atoms with Crippen molar-refractivity contribution in [2.75, 3.05) is 25.0 Å². The van der Waals surface area contributed by atoms with Crippen molar-refractivity contribution in [1.82, 2.24) is 5.32 Å². The molecule has 3 rings (SSSR count). The highest BCUT2D eigenvalue weighted by Gasteiger charge is 2.17. The van der Waals surface area contributed by atoms with Crippen molar-refractivity contribution in [1.29, 1.82) is 0 Å². The van der Waals surface area contributed by atoms with Gasteiger partial charge in [-0.3, -0.25) is 4.79 Å². The summed E-state index contributed by atoms with van der Waals surface area (Å²) in [5, 5.41) is 13.0. The molecule has 24 heavy (non-hydrogen) atoms. The topological polar surface area (TPSA) is 52.6 Å². The van der Waals surface area contributed by atoms with Gasteiger partial charge in [-0.05, 0) is 35.3 Å². The van der Waals surface area contributed by atoms with Crippen molar-refractivity contribution in [3.05, 3.63) is 71.3 Å². The summed E-state index contributed by atoms with van der Waals surface area (Å²) in [6.07, 6.45) is 3.54. The molecule has 4 heteroatoms. The molecule has 0 saturated heterocycles. The zero-order chi connectivity index (χ0) is 16.9. The number of amides is 1. The predicted octanol–water partition coefficient (Wildman–Crippen LogP) is 2.54. The van der Waals surface area contributed by atoms with Gasteiger partial charge in [-0.15, -0.1) is 0 Å². The Labute approximate surface area is 142 Å². The van der Waals surface area contributed by atoms with E-state index in [0.29, 0.717) is 0 Å². The fourth-order valence-electron chi connectivity index (χ4n) is 2.90. The Morgan fingerprint density at radius 1 is 1.29 bits per heavy atom. The van der Waals surface area contributed by atoms with Gasteiger partial charge < -0.3 is 15.3 Å². The Kier molecular flexibility index (Phi) is 4.96. The smallest absolute Gasteiger partial charge is 0.244 e. The van der Waals surface area contributed by atoms with Crippen LogP contribution >= 0.6 is 0 Å². The Hall–Kier alpha value is -2.59. The van der Waals surface area contributed by atoms with Crippen LogP contribution in [0.5, 0.6) is 0 Å². The minimum Gasteiger partial charge on any atom is -0.387 e. The molecule has 0 aromatic heterocycles. The molecule has 4 nitrogen and oxygen atoms in total. The molecule has 1 amide bonds. The van der Waals surface area contributed by atoms with Gasteiger partial charge in [-0.2, -0.15) is 0 Å². The van der Waals surface area contributed by atoms with Crippen molar-refractivity contribution in [3.63, 3.8) is 0 Å². The van der Waals surface area contributed by atoms with Crippen molar-refractivity contribution in [2.45, 2.75) is 12.5 Å². The molecule has 124 valence electrons. The Morgan fingerprint density at radius 2 is 2.08 bits per heavy atom. The van der Waals surface area contributed by atoms with Crippen LogP contribution in [0.1, 0.15) is 22.8 Å². The molecule has 0 aliphatic carbocycles. The summed E-state index contributed by atoms with van der Waals surface area (Å²) in [5.41, 5.74) is 4.29. The summed E-state index contributed by atoms with van der Waals surface area (Å²) in [6.45, 7) is 1.21. The summed E-state index contributed by atoms with van der Waals surface area (Å²) in [5.74, 6) is -0.209. The summed E-state index contributed by atoms with van der Waals surface area (Å²) in [4.78, 5) is 14.1. The molecule has 0 unspecified atom stereocenters. The number of hydrogen-bond donors (Lipinski definition) is 2. The van der Waals surface area contributed by atoms with Gasteiger partial charge in [0, 0.05) is 31.9 Å². The predicted molar refractivity (Wildman–Crippen MR) is 96.9 cm³/mol. The number of aliphatic hydroxyl groups excluding tert-OH is 1. The fraction of sp³-hybridized carbons (Fsp3) is 0.250. The number of anilines is 1. The van der Waals surface area contributed by atoms with Gasteiger partial charge in [0.15, 0.2) is 0 Å². The van der Waals surface area contributed by atoms with Crippen molar-refractivity contribution in [2.24, 2.45) is 0 Å². The second kappa shape index (κ2) is 7.32. The minimum absolute atomic E-state index is 0.201. The molecule has 1 aliphatic heterocycles. The standard InChI is InChI=1S/C20H22N2O2/c1-22-12-11-16-13-17(8-9-18(16)22)19(23)14-21-20(24)10-7-15-5-3-2-4-6-15/h2-10,13,19,23H,11-12,14H2,1H3,(H,21,24)/b10-7+/t19-/m1/s1. The van der Waals surface area contributed by atoms with Gasteiger partial charge in [0.05, 0.1) is 6.10 Å². The highest BCUT2D eigenvalue weighted by Crippen LogP contribution is 2.29. The van der Waals surface area contributed by atoms with E-state index in [0.717, 1.165) is 24.1 Å². The lowest BCUT2D eigenvalue weighted by atomic mass is 10.0. The van der Waals surface area contributed by atoms with Crippen molar-refractivity contribution >= 4 is 17.7 Å². The molecule has 1 heterocycles. The van der Waals surface area contributed by atoms with Crippen LogP contribution < -0.4 is 10.2 Å². The first kappa shape index (κ1) is 16.3. The molecular formula is C20H22N2O2. The molecule has 2 aromatic rings. The van der Waals surface area contributed by atoms with Crippen LogP contribution in [-0.2, 0) is 11.2 Å². The molecule has 2 aromatic carbocycles. The quantitative estimate of drug-likeness (QED) is 0.832. The average molecular weight is 322 g/mol. The fourth-order valence-corrected chi connectivity index (χ4v) is 2.90. The maximum atomic E-state index is 11.9. The lowest BCUT2D eigenvalue weighted by Crippen LogP contribution is -2.26. The largest absolute Gasteiger partial charge is 0.387 e. The molecular weight excluding hydrogens is 300 g/mol. The van der Waals surface area contributed by atoms with E-state index < -0.39 is 6.10 Å². The van der Waals surface area contributed by atoms with Crippen LogP contribution in [0.4, 0.5) is 5.69 Å². The number of rotatable bonds is 5. The zero-order valence-corrected chi connectivity index (χ0v) is 13.8. The maximum Gasteiger partial charge on any atom is 0.244 e. The van der Waals surface area contributed by atoms with E-state index in [2.05, 4.69) is 17.3 Å². The number of likely N-dealkylation sites (N-methyl/N-ethyl adjacent to an activating group) is 1. The second-order valence-electron chi connectivity index (χ2n) is 6.06. The van der Waals surface area contributed by atoms with Crippen LogP contribution in [0.15, 0.2) is 54.6 Å². The van der Waals surface area contributed by atoms with E-state index in [4.69, 9.17) is 0 Å². The number of aliphatic hydroxyl groups is 1. The van der Waals surface area contributed by atoms with Crippen molar-refractivity contribution < 1.29 is 9.90 Å². The van der Waals surface area contributed by atoms with E-state index in [1.165, 1.54) is 17.3 Å². The summed E-state index contributed by atoms with van der Waals surface area (Å²) in [6, 6.07) is 15.6. The first-order valence-electron chi connectivity index (χ1n) is 8.16. The molecule has 0 saturated carbocycles. The molecule has 1 atom stereocenters. The molecule has 0 fully saturated rings. The number of carbonyl (C=O) groups is 1. The Morgan fingerprint density at radius 3 is 2.88 bits per heavy atom. The van der Waals surface area contributed by atoms with E-state index in [-0.39, 0.29) is 12.5 Å². The van der Waals surface area contributed by atoms with Crippen LogP contribution in [0.25, 0.3) is 6.08 Å². The van der Waals surface area contributed by atoms with Crippen LogP contribution in [0, 0.1) is 0 Å². The first-order chi connectivity index (χ1) is 11.6. The highest BCUT2D eigenvalue weighted by molar-refractivity contribution is 5.91. The van der Waals surface area contributed by atoms with Gasteiger partial charge in [-0.1, -0.05) is 42.5 Å². The van der Waals surface area contributed by atoms with Gasteiger partial charge in [0.2, 0.25) is 5.91 Å². The third-order valence-electron chi connectivity index (χ3n) is 4.31. The maximum absolute atomic E-state index is 11.9. The number of nitrogens with one attached hydrogen (secondary N) is 1. The highest BCUT2D eigenvalue weighted by atomic mass is 16.3. The Balaban J connectivity index is 1.55. The van der Waals surface area contributed by atoms with E-state index in [1.807, 2.05) is 48.5 Å². The average Bonchev–Trinajstić information content (AvgIpc) is 2.99. The normalized spacial score (nSPS) is 14.7. The monoisotopic (exact) mass is 322 g/mol. The van der Waals surface area contributed by atoms with Gasteiger partial charge >= 0.3 is 0 Å². The summed E-state index contributed by atoms with van der Waals surface area (Å²) < 4.78 is 0. The molecule has 0 bridgehead atoms. The van der Waals surface area contributed by atoms with E-state index in [1.54, 1.807) is 6.08 Å². The summed E-state index contributed by atoms with van der Waals surface area (Å²) in [7, 11) is 2.07. The lowest BCUT2D eigenvalue weighted by Gasteiger charge is -2.15. The Bertz CT molecular complexity index is 741. The first-order valence-corrected chi connectivity index (χ1v) is 8.16. The van der Waals surface area contributed by atoms with Crippen LogP contribution in [0.3, 0.4) is 0 Å². The second-order valence-corrected chi connectivity index (χ2v) is 6.06. The molecule has 0 radical (unpaired) electrons. The van der Waals surface area contributed by atoms with Crippen LogP contribution in [-0.4, -0.2) is 31.2 Å². The molecule has 0 spiro atoms. The molecule has 1 aliphatic rings. The SMILES string of the molecule is CN1CCc2cc([C@H](O)CNC(=O)/C=C/c3ccccc3)ccc21. The number of nitrogens with zero attached hydrogens (tertiary/aromatic N) is 1. The van der Waals surface area contributed by atoms with E-state index >= 15 is 0 Å². The number of carbonyl (C=O) groups excluding carboxylic acids is 1. The summed E-state index contributed by atoms with van der Waals surface area (Å²) >= 11 is 0. The van der Waals surface area contributed by atoms with Gasteiger partial charge in [0.25, 0.3) is 0 Å². The third kappa shape index (κ3) is 3.84. The lowest BCUT2D eigenvalue weighted by molar-refractivity contribution is -0.116. The van der Waals surface area contributed by atoms with Crippen LogP contribution in [0.2, 0.25) is 0 Å². The molecule has 2 N–H and O–H groups in total. The van der Waals surface area contributed by atoms with Crippen molar-refractivity contribution in [3.8, 4) is 0 Å². The van der Waals surface area contributed by atoms with Gasteiger partial charge in [-0.25, -0.2) is 0 Å². The van der Waals surface area contributed by atoms with Gasteiger partial charge in [0.1, 0.15) is 0 Å².